The first-order valence-electron chi connectivity index (χ1n) is 3.61. The predicted octanol–water partition coefficient (Wildman–Crippen LogP) is 1.68. The van der Waals surface area contributed by atoms with E-state index in [1.54, 1.807) is 0 Å². The van der Waals surface area contributed by atoms with Crippen LogP contribution < -0.4 is 9.53 Å². The minimum Gasteiger partial charge on any atom is -0.116 e. The second-order valence-electron chi connectivity index (χ2n) is 2.59. The first-order valence-corrected chi connectivity index (χ1v) is 4.01. The van der Waals surface area contributed by atoms with Gasteiger partial charge in [0.1, 0.15) is 0 Å². The quantitative estimate of drug-likeness (QED) is 0.502. The molecule has 0 radical (unpaired) electrons. The van der Waals surface area contributed by atoms with E-state index in [0.717, 1.165) is 5.69 Å². The molecule has 1 aliphatic rings. The maximum atomic E-state index is 4.41. The third-order valence-electron chi connectivity index (χ3n) is 1.73. The van der Waals surface area contributed by atoms with E-state index in [1.807, 2.05) is 30.3 Å². The van der Waals surface area contributed by atoms with Crippen molar-refractivity contribution in [3.63, 3.8) is 0 Å². The van der Waals surface area contributed by atoms with Crippen LogP contribution in [-0.2, 0) is 0 Å². The Labute approximate surface area is 76.0 Å². The molecule has 1 aliphatic heterocycles. The van der Waals surface area contributed by atoms with E-state index in [2.05, 4.69) is 28.7 Å². The molecule has 1 unspecified atom stereocenters. The average Bonchev–Trinajstić information content (AvgIpc) is 2.55. The van der Waals surface area contributed by atoms with Gasteiger partial charge in [-0.15, -0.1) is 10.6 Å². The summed E-state index contributed by atoms with van der Waals surface area (Å²) >= 11 is 4.41. The molecule has 2 rings (SSSR count). The molecule has 0 saturated heterocycles. The van der Waals surface area contributed by atoms with Gasteiger partial charge in [0, 0.05) is 12.1 Å². The van der Waals surface area contributed by atoms with Crippen molar-refractivity contribution in [2.75, 3.05) is 6.67 Å². The molecule has 62 valence electrons. The van der Waals surface area contributed by atoms with Crippen LogP contribution in [0, 0.1) is 0 Å². The molecule has 1 N–H and O–H groups in total. The Bertz CT molecular complexity index is 290. The van der Waals surface area contributed by atoms with Gasteiger partial charge in [0.15, 0.2) is 5.69 Å². The molecular weight excluding hydrogens is 172 g/mol. The first-order chi connectivity index (χ1) is 5.81. The van der Waals surface area contributed by atoms with Gasteiger partial charge in [-0.2, -0.15) is 0 Å². The number of para-hydroxylation sites is 1. The minimum absolute atomic E-state index is 0.251. The molecule has 0 saturated carbocycles. The van der Waals surface area contributed by atoms with Crippen LogP contribution in [0.15, 0.2) is 40.7 Å². The maximum absolute atomic E-state index is 4.41. The van der Waals surface area contributed by atoms with Gasteiger partial charge in [-0.1, -0.05) is 22.2 Å². The topological polar surface area (TPSA) is 36.8 Å². The summed E-state index contributed by atoms with van der Waals surface area (Å²) < 4.78 is 0.251. The highest BCUT2D eigenvalue weighted by atomic mass is 32.1. The average molecular weight is 181 g/mol. The monoisotopic (exact) mass is 181 g/mol. The normalized spacial score (nSPS) is 27.1. The molecule has 0 spiro atoms. The van der Waals surface area contributed by atoms with Crippen LogP contribution in [0.2, 0.25) is 0 Å². The van der Waals surface area contributed by atoms with E-state index < -0.39 is 0 Å². The zero-order valence-electron chi connectivity index (χ0n) is 6.38. The summed E-state index contributed by atoms with van der Waals surface area (Å²) in [6.07, 6.45) is 0. The van der Waals surface area contributed by atoms with E-state index in [9.17, 15) is 0 Å². The van der Waals surface area contributed by atoms with Crippen LogP contribution in [-0.4, -0.2) is 6.67 Å². The van der Waals surface area contributed by atoms with Gasteiger partial charge in [0.05, 0.1) is 12.8 Å². The lowest BCUT2D eigenvalue weighted by atomic mass is 10.3. The summed E-state index contributed by atoms with van der Waals surface area (Å²) in [5, 5.41) is 7.51. The van der Waals surface area contributed by atoms with Crippen LogP contribution >= 0.6 is 12.8 Å². The van der Waals surface area contributed by atoms with Crippen molar-refractivity contribution in [3.05, 3.63) is 30.3 Å². The third kappa shape index (κ3) is 1.17. The molecule has 12 heavy (non-hydrogen) atoms. The van der Waals surface area contributed by atoms with Gasteiger partial charge in [0.2, 0.25) is 6.67 Å². The van der Waals surface area contributed by atoms with Crippen LogP contribution in [0.3, 0.4) is 0 Å². The molecule has 1 heterocycles. The van der Waals surface area contributed by atoms with Gasteiger partial charge >= 0.3 is 0 Å². The molecule has 1 aromatic rings. The highest BCUT2D eigenvalue weighted by Crippen LogP contribution is 2.24. The molecule has 0 bridgehead atoms. The summed E-state index contributed by atoms with van der Waals surface area (Å²) in [7, 11) is 0. The fourth-order valence-electron chi connectivity index (χ4n) is 1.07. The van der Waals surface area contributed by atoms with Gasteiger partial charge in [0.25, 0.3) is 0 Å². The zero-order valence-corrected chi connectivity index (χ0v) is 7.28. The molecule has 5 heteroatoms. The van der Waals surface area contributed by atoms with Crippen molar-refractivity contribution in [3.8, 4) is 0 Å². The molecule has 0 aliphatic carbocycles. The van der Waals surface area contributed by atoms with Gasteiger partial charge in [-0.3, -0.25) is 0 Å². The van der Waals surface area contributed by atoms with E-state index in [1.165, 1.54) is 0 Å². The number of benzene rings is 1. The van der Waals surface area contributed by atoms with Crippen molar-refractivity contribution in [2.45, 2.75) is 0 Å². The fourth-order valence-corrected chi connectivity index (χ4v) is 1.30. The molecule has 0 fully saturated rings. The summed E-state index contributed by atoms with van der Waals surface area (Å²) in [5.74, 6) is 0. The number of thiol groups is 1. The lowest BCUT2D eigenvalue weighted by Crippen LogP contribution is -2.45. The molecule has 1 aromatic carbocycles. The first kappa shape index (κ1) is 7.57. The Hall–Kier alpha value is -1.07. The minimum atomic E-state index is 0.251. The van der Waals surface area contributed by atoms with Crippen molar-refractivity contribution in [1.29, 1.82) is 0 Å². The highest BCUT2D eigenvalue weighted by Gasteiger charge is 2.30. The van der Waals surface area contributed by atoms with E-state index in [0.29, 0.717) is 6.67 Å². The second kappa shape index (κ2) is 2.76. The number of quaternary nitrogens is 1. The standard InChI is InChI=1S/C7H9N4S/c12-11(6-8-9-10-11)7-4-2-1-3-5-7/h1-5,12H,6H2,(H,8,10)/q+1. The third-order valence-corrected chi connectivity index (χ3v) is 2.18. The number of nitrogens with one attached hydrogen (secondary N) is 1. The highest BCUT2D eigenvalue weighted by molar-refractivity contribution is 7.79. The molecule has 4 nitrogen and oxygen atoms in total. The summed E-state index contributed by atoms with van der Waals surface area (Å²) in [6.45, 7) is 0.521. The van der Waals surface area contributed by atoms with Crippen molar-refractivity contribution in [1.82, 2.24) is 9.53 Å². The zero-order chi connectivity index (χ0) is 8.44. The predicted molar refractivity (Wildman–Crippen MR) is 50.1 cm³/mol. The van der Waals surface area contributed by atoms with Gasteiger partial charge < -0.3 is 0 Å². The number of hydrogen-bond donors (Lipinski definition) is 2. The Balaban J connectivity index is 2.31. The smallest absolute Gasteiger partial charge is 0.116 e. The van der Waals surface area contributed by atoms with Gasteiger partial charge in [-0.25, -0.2) is 0 Å². The number of nitrogens with zero attached hydrogens (tertiary/aromatic N) is 3. The molecule has 0 aromatic heterocycles. The van der Waals surface area contributed by atoms with Crippen molar-refractivity contribution < 1.29 is 0 Å². The van der Waals surface area contributed by atoms with Gasteiger partial charge in [-0.05, 0) is 5.22 Å². The molecule has 0 amide bonds. The Morgan fingerprint density at radius 3 is 2.67 bits per heavy atom. The van der Waals surface area contributed by atoms with Crippen molar-refractivity contribution in [2.24, 2.45) is 10.3 Å². The lowest BCUT2D eigenvalue weighted by molar-refractivity contribution is 0.427. The van der Waals surface area contributed by atoms with E-state index in [-0.39, 0.29) is 4.00 Å². The fraction of sp³-hybridized carbons (Fsp3) is 0.143. The van der Waals surface area contributed by atoms with Crippen LogP contribution in [0.1, 0.15) is 0 Å². The Kier molecular flexibility index (Phi) is 1.74. The maximum Gasteiger partial charge on any atom is 0.233 e. The van der Waals surface area contributed by atoms with E-state index in [4.69, 9.17) is 0 Å². The Morgan fingerprint density at radius 1 is 1.33 bits per heavy atom. The Morgan fingerprint density at radius 2 is 2.08 bits per heavy atom. The summed E-state index contributed by atoms with van der Waals surface area (Å²) in [6, 6.07) is 9.86. The largest absolute Gasteiger partial charge is 0.233 e. The van der Waals surface area contributed by atoms with Crippen LogP contribution in [0.4, 0.5) is 5.69 Å². The van der Waals surface area contributed by atoms with Crippen LogP contribution in [0.5, 0.6) is 0 Å². The SMILES string of the molecule is S[N+]1(c2ccccc2)CN=NN1. The van der Waals surface area contributed by atoms with Crippen LogP contribution in [0.25, 0.3) is 0 Å². The second-order valence-corrected chi connectivity index (χ2v) is 3.27. The molecule has 1 atom stereocenters. The van der Waals surface area contributed by atoms with Crippen molar-refractivity contribution >= 4 is 18.5 Å². The lowest BCUT2D eigenvalue weighted by Gasteiger charge is -2.20. The summed E-state index contributed by atoms with van der Waals surface area (Å²) in [5.41, 5.74) is 3.84. The summed E-state index contributed by atoms with van der Waals surface area (Å²) in [4.78, 5) is 0. The van der Waals surface area contributed by atoms with E-state index >= 15 is 0 Å². The number of rotatable bonds is 1. The molecular formula is C7H9N4S+. The number of hydrogen-bond acceptors (Lipinski definition) is 4.